The fourth-order valence-electron chi connectivity index (χ4n) is 6.01. The summed E-state index contributed by atoms with van der Waals surface area (Å²) < 4.78 is 2.02. The van der Waals surface area contributed by atoms with Crippen molar-refractivity contribution in [2.75, 3.05) is 32.5 Å². The molecule has 4 aromatic rings. The standard InChI is InChI=1S/C31H32N6O2/c1-20-17-24(21(2)32-18-20)22-10-7-11-25-29(22)31(19-33-25,37-27(38)13-14-28(37)39)30-23-9-5-6-12-26(23)36(34-30)16-8-15-35(3)4/h5-7,9-14,17-18,33H,8,15-16,19H2,1-4H3. The first-order chi connectivity index (χ1) is 18.8. The number of imide groups is 1. The van der Waals surface area contributed by atoms with Gasteiger partial charge >= 0.3 is 0 Å². The molecule has 1 atom stereocenters. The molecule has 4 heterocycles. The molecule has 0 fully saturated rings. The van der Waals surface area contributed by atoms with Crippen molar-refractivity contribution in [1.82, 2.24) is 24.6 Å². The van der Waals surface area contributed by atoms with Gasteiger partial charge in [-0.1, -0.05) is 30.3 Å². The van der Waals surface area contributed by atoms with Gasteiger partial charge in [0.25, 0.3) is 11.8 Å². The second-order valence-electron chi connectivity index (χ2n) is 10.7. The van der Waals surface area contributed by atoms with E-state index in [0.717, 1.165) is 64.0 Å². The van der Waals surface area contributed by atoms with E-state index in [1.165, 1.54) is 17.1 Å². The number of carbonyl (C=O) groups excluding carboxylic acids is 2. The van der Waals surface area contributed by atoms with Crippen LogP contribution < -0.4 is 5.32 Å². The third-order valence-corrected chi connectivity index (χ3v) is 7.74. The molecular weight excluding hydrogens is 488 g/mol. The molecule has 0 saturated carbocycles. The summed E-state index contributed by atoms with van der Waals surface area (Å²) in [5.74, 6) is -0.676. The van der Waals surface area contributed by atoms with Gasteiger partial charge in [0.2, 0.25) is 0 Å². The number of amides is 2. The maximum atomic E-state index is 13.5. The summed E-state index contributed by atoms with van der Waals surface area (Å²) in [6, 6.07) is 16.3. The molecule has 2 aliphatic heterocycles. The Balaban J connectivity index is 1.65. The van der Waals surface area contributed by atoms with E-state index in [9.17, 15) is 9.59 Å². The van der Waals surface area contributed by atoms with Crippen LogP contribution in [0.3, 0.4) is 0 Å². The van der Waals surface area contributed by atoms with Crippen LogP contribution in [0.5, 0.6) is 0 Å². The van der Waals surface area contributed by atoms with Crippen LogP contribution in [0, 0.1) is 13.8 Å². The first-order valence-electron chi connectivity index (χ1n) is 13.3. The number of fused-ring (bicyclic) bond motifs is 2. The third-order valence-electron chi connectivity index (χ3n) is 7.74. The van der Waals surface area contributed by atoms with Gasteiger partial charge in [-0.25, -0.2) is 0 Å². The molecule has 8 nitrogen and oxygen atoms in total. The highest BCUT2D eigenvalue weighted by atomic mass is 16.2. The Morgan fingerprint density at radius 1 is 1.00 bits per heavy atom. The Bertz CT molecular complexity index is 1630. The monoisotopic (exact) mass is 520 g/mol. The van der Waals surface area contributed by atoms with Gasteiger partial charge in [-0.3, -0.25) is 24.2 Å². The lowest BCUT2D eigenvalue weighted by Crippen LogP contribution is -2.52. The molecule has 6 rings (SSSR count). The predicted molar refractivity (Wildman–Crippen MR) is 152 cm³/mol. The minimum Gasteiger partial charge on any atom is -0.382 e. The van der Waals surface area contributed by atoms with Gasteiger partial charge in [-0.05, 0) is 70.2 Å². The maximum Gasteiger partial charge on any atom is 0.254 e. The molecule has 0 bridgehead atoms. The number of carbonyl (C=O) groups is 2. The van der Waals surface area contributed by atoms with Crippen LogP contribution in [-0.4, -0.2) is 63.6 Å². The molecule has 39 heavy (non-hydrogen) atoms. The molecule has 2 aromatic heterocycles. The zero-order valence-electron chi connectivity index (χ0n) is 22.7. The quantitative estimate of drug-likeness (QED) is 0.367. The summed E-state index contributed by atoms with van der Waals surface area (Å²) in [5.41, 5.74) is 6.11. The molecule has 8 heteroatoms. The van der Waals surface area contributed by atoms with E-state index in [-0.39, 0.29) is 11.8 Å². The average Bonchev–Trinajstić information content (AvgIpc) is 3.59. The van der Waals surface area contributed by atoms with E-state index in [1.54, 1.807) is 0 Å². The van der Waals surface area contributed by atoms with E-state index >= 15 is 0 Å². The topological polar surface area (TPSA) is 83.4 Å². The molecule has 0 radical (unpaired) electrons. The van der Waals surface area contributed by atoms with Crippen molar-refractivity contribution < 1.29 is 9.59 Å². The number of para-hydroxylation sites is 1. The first kappa shape index (κ1) is 25.0. The van der Waals surface area contributed by atoms with Crippen molar-refractivity contribution in [3.8, 4) is 11.1 Å². The summed E-state index contributed by atoms with van der Waals surface area (Å²) in [4.78, 5) is 35.1. The van der Waals surface area contributed by atoms with Gasteiger partial charge in [-0.2, -0.15) is 5.10 Å². The maximum absolute atomic E-state index is 13.5. The van der Waals surface area contributed by atoms with Gasteiger partial charge in [0, 0.05) is 59.3 Å². The normalized spacial score (nSPS) is 18.4. The number of aryl methyl sites for hydroxylation is 3. The van der Waals surface area contributed by atoms with Crippen LogP contribution in [0.15, 0.2) is 66.9 Å². The van der Waals surface area contributed by atoms with E-state index in [1.807, 2.05) is 55.1 Å². The molecular formula is C31H32N6O2. The Morgan fingerprint density at radius 3 is 2.54 bits per heavy atom. The molecule has 2 amide bonds. The van der Waals surface area contributed by atoms with Gasteiger partial charge in [-0.15, -0.1) is 0 Å². The van der Waals surface area contributed by atoms with E-state index < -0.39 is 5.54 Å². The summed E-state index contributed by atoms with van der Waals surface area (Å²) >= 11 is 0. The molecule has 1 N–H and O–H groups in total. The molecule has 2 aromatic carbocycles. The molecule has 0 spiro atoms. The van der Waals surface area contributed by atoms with Gasteiger partial charge < -0.3 is 10.2 Å². The molecule has 0 aliphatic carbocycles. The number of nitrogens with zero attached hydrogens (tertiary/aromatic N) is 5. The molecule has 198 valence electrons. The summed E-state index contributed by atoms with van der Waals surface area (Å²) in [7, 11) is 4.12. The minimum atomic E-state index is -1.15. The second-order valence-corrected chi connectivity index (χ2v) is 10.7. The number of pyridine rings is 1. The Morgan fingerprint density at radius 2 is 1.77 bits per heavy atom. The largest absolute Gasteiger partial charge is 0.382 e. The smallest absolute Gasteiger partial charge is 0.254 e. The van der Waals surface area contributed by atoms with Crippen molar-refractivity contribution in [2.45, 2.75) is 32.4 Å². The average molecular weight is 521 g/mol. The highest BCUT2D eigenvalue weighted by Crippen LogP contribution is 2.51. The van der Waals surface area contributed by atoms with Crippen LogP contribution in [0.4, 0.5) is 5.69 Å². The lowest BCUT2D eigenvalue weighted by molar-refractivity contribution is -0.142. The van der Waals surface area contributed by atoms with Crippen LogP contribution in [0.2, 0.25) is 0 Å². The number of anilines is 1. The number of hydrogen-bond acceptors (Lipinski definition) is 6. The number of hydrogen-bond donors (Lipinski definition) is 1. The Labute approximate surface area is 227 Å². The van der Waals surface area contributed by atoms with Crippen LogP contribution in [0.25, 0.3) is 22.0 Å². The minimum absolute atomic E-state index is 0.329. The summed E-state index contributed by atoms with van der Waals surface area (Å²) in [5, 5.41) is 9.66. The first-order valence-corrected chi connectivity index (χ1v) is 13.3. The lowest BCUT2D eigenvalue weighted by Gasteiger charge is -2.37. The van der Waals surface area contributed by atoms with E-state index in [0.29, 0.717) is 12.2 Å². The Kier molecular flexibility index (Phi) is 6.07. The van der Waals surface area contributed by atoms with Crippen molar-refractivity contribution in [3.63, 3.8) is 0 Å². The zero-order chi connectivity index (χ0) is 27.3. The lowest BCUT2D eigenvalue weighted by atomic mass is 9.80. The van der Waals surface area contributed by atoms with Gasteiger partial charge in [0.15, 0.2) is 0 Å². The zero-order valence-corrected chi connectivity index (χ0v) is 22.7. The summed E-state index contributed by atoms with van der Waals surface area (Å²) in [6.45, 7) is 5.98. The molecule has 0 saturated heterocycles. The van der Waals surface area contributed by atoms with Gasteiger partial charge in [0.05, 0.1) is 5.52 Å². The highest BCUT2D eigenvalue weighted by molar-refractivity contribution is 6.14. The number of nitrogens with one attached hydrogen (secondary N) is 1. The Hall–Kier alpha value is -4.30. The van der Waals surface area contributed by atoms with Crippen LogP contribution in [0.1, 0.15) is 28.9 Å². The predicted octanol–water partition coefficient (Wildman–Crippen LogP) is 4.26. The number of benzene rings is 2. The van der Waals surface area contributed by atoms with Crippen molar-refractivity contribution in [2.24, 2.45) is 0 Å². The van der Waals surface area contributed by atoms with Crippen LogP contribution >= 0.6 is 0 Å². The van der Waals surface area contributed by atoms with Crippen molar-refractivity contribution in [3.05, 3.63) is 89.4 Å². The van der Waals surface area contributed by atoms with E-state index in [4.69, 9.17) is 5.10 Å². The van der Waals surface area contributed by atoms with Crippen molar-refractivity contribution >= 4 is 28.4 Å². The van der Waals surface area contributed by atoms with Crippen LogP contribution in [-0.2, 0) is 21.7 Å². The van der Waals surface area contributed by atoms with E-state index in [2.05, 4.69) is 47.5 Å². The molecule has 1 unspecified atom stereocenters. The summed E-state index contributed by atoms with van der Waals surface area (Å²) in [6.07, 6.45) is 5.50. The SMILES string of the molecule is Cc1cnc(C)c(-c2cccc3c2C(c2nn(CCCN(C)C)c4ccccc24)(N2C(=O)C=CC2=O)CN3)c1. The van der Waals surface area contributed by atoms with Crippen molar-refractivity contribution in [1.29, 1.82) is 0 Å². The second kappa shape index (κ2) is 9.47. The molecule has 2 aliphatic rings. The number of aromatic nitrogens is 3. The van der Waals surface area contributed by atoms with Gasteiger partial charge in [0.1, 0.15) is 11.2 Å². The third kappa shape index (κ3) is 3.94. The number of rotatable bonds is 7. The highest BCUT2D eigenvalue weighted by Gasteiger charge is 2.54. The fraction of sp³-hybridized carbons (Fsp3) is 0.290. The fourth-order valence-corrected chi connectivity index (χ4v) is 6.01.